The minimum atomic E-state index is 0.0674. The first kappa shape index (κ1) is 20.4. The first-order chi connectivity index (χ1) is 15.1. The van der Waals surface area contributed by atoms with Crippen LogP contribution in [0, 0.1) is 0 Å². The molecule has 0 amide bonds. The van der Waals surface area contributed by atoms with Crippen molar-refractivity contribution in [2.24, 2.45) is 0 Å². The van der Waals surface area contributed by atoms with Gasteiger partial charge in [0.2, 0.25) is 0 Å². The monoisotopic (exact) mass is 479 g/mol. The summed E-state index contributed by atoms with van der Waals surface area (Å²) in [5.74, 6) is 1.69. The van der Waals surface area contributed by atoms with Crippen LogP contribution in [-0.2, 0) is 19.3 Å². The number of rotatable bonds is 4. The van der Waals surface area contributed by atoms with Crippen LogP contribution in [0.3, 0.4) is 0 Å². The second kappa shape index (κ2) is 8.21. The molecular weight excluding hydrogens is 454 g/mol. The van der Waals surface area contributed by atoms with Crippen molar-refractivity contribution >= 4 is 15.9 Å². The molecule has 2 aliphatic heterocycles. The van der Waals surface area contributed by atoms with Crippen LogP contribution in [-0.4, -0.2) is 30.8 Å². The Morgan fingerprint density at radius 1 is 1.06 bits per heavy atom. The number of ether oxygens (including phenoxy) is 2. The first-order valence-electron chi connectivity index (χ1n) is 10.7. The van der Waals surface area contributed by atoms with E-state index in [9.17, 15) is 5.11 Å². The minimum Gasteiger partial charge on any atom is -0.504 e. The lowest BCUT2D eigenvalue weighted by Gasteiger charge is -2.47. The third kappa shape index (κ3) is 3.50. The van der Waals surface area contributed by atoms with Crippen molar-refractivity contribution in [1.29, 1.82) is 0 Å². The predicted octanol–water partition coefficient (Wildman–Crippen LogP) is 5.61. The molecule has 0 saturated heterocycles. The van der Waals surface area contributed by atoms with E-state index in [1.165, 1.54) is 22.3 Å². The van der Waals surface area contributed by atoms with E-state index < -0.39 is 0 Å². The molecule has 31 heavy (non-hydrogen) atoms. The molecule has 0 saturated carbocycles. The normalized spacial score (nSPS) is 19.8. The molecule has 0 unspecified atom stereocenters. The molecule has 2 aliphatic rings. The maximum absolute atomic E-state index is 11.2. The molecular formula is C26H26BrNO3. The molecule has 2 heterocycles. The molecule has 160 valence electrons. The second-order valence-electron chi connectivity index (χ2n) is 8.28. The van der Waals surface area contributed by atoms with E-state index in [1.54, 1.807) is 14.2 Å². The largest absolute Gasteiger partial charge is 0.504 e. The molecule has 1 N–H and O–H groups in total. The van der Waals surface area contributed by atoms with Gasteiger partial charge >= 0.3 is 0 Å². The van der Waals surface area contributed by atoms with Crippen LogP contribution in [0.1, 0.15) is 39.9 Å². The molecule has 2 atom stereocenters. The molecule has 3 aromatic rings. The molecule has 5 rings (SSSR count). The van der Waals surface area contributed by atoms with E-state index in [-0.39, 0.29) is 17.8 Å². The summed E-state index contributed by atoms with van der Waals surface area (Å²) >= 11 is 3.77. The standard InChI is InChI=1S/C26H26BrNO3/c1-30-18-8-9-19-17(13-18)10-11-28-22(19)14-20-21(27)15-24(31-2)26(29)25(20)23(28)12-16-6-4-3-5-7-16/h3-9,13,15,22-23,29H,10-12,14H2,1-2H3/t22-,23+/m0/s1. The Kier molecular flexibility index (Phi) is 5.40. The van der Waals surface area contributed by atoms with E-state index in [0.717, 1.165) is 41.6 Å². The first-order valence-corrected chi connectivity index (χ1v) is 11.4. The zero-order chi connectivity index (χ0) is 21.5. The molecule has 0 radical (unpaired) electrons. The Balaban J connectivity index is 1.66. The van der Waals surface area contributed by atoms with Gasteiger partial charge in [-0.25, -0.2) is 0 Å². The van der Waals surface area contributed by atoms with Crippen LogP contribution in [0.4, 0.5) is 0 Å². The Labute approximate surface area is 191 Å². The number of phenols is 1. The summed E-state index contributed by atoms with van der Waals surface area (Å²) in [6, 6.07) is 19.2. The van der Waals surface area contributed by atoms with Crippen molar-refractivity contribution < 1.29 is 14.6 Å². The van der Waals surface area contributed by atoms with Crippen molar-refractivity contribution in [3.8, 4) is 17.2 Å². The van der Waals surface area contributed by atoms with Gasteiger partial charge in [-0.2, -0.15) is 0 Å². The number of methoxy groups -OCH3 is 2. The number of fused-ring (bicyclic) bond motifs is 4. The maximum Gasteiger partial charge on any atom is 0.162 e. The summed E-state index contributed by atoms with van der Waals surface area (Å²) in [4.78, 5) is 2.57. The van der Waals surface area contributed by atoms with Gasteiger partial charge in [-0.15, -0.1) is 0 Å². The van der Waals surface area contributed by atoms with E-state index in [4.69, 9.17) is 9.47 Å². The van der Waals surface area contributed by atoms with Gasteiger partial charge < -0.3 is 14.6 Å². The summed E-state index contributed by atoms with van der Waals surface area (Å²) in [5, 5.41) is 11.2. The lowest BCUT2D eigenvalue weighted by Crippen LogP contribution is -2.43. The number of benzene rings is 3. The zero-order valence-electron chi connectivity index (χ0n) is 17.8. The molecule has 5 heteroatoms. The van der Waals surface area contributed by atoms with Crippen molar-refractivity contribution in [2.75, 3.05) is 20.8 Å². The molecule has 0 aromatic heterocycles. The topological polar surface area (TPSA) is 41.9 Å². The number of aromatic hydroxyl groups is 1. The Hall–Kier alpha value is -2.50. The summed E-state index contributed by atoms with van der Waals surface area (Å²) < 4.78 is 12.0. The fraction of sp³-hybridized carbons (Fsp3) is 0.308. The second-order valence-corrected chi connectivity index (χ2v) is 9.13. The number of nitrogens with zero attached hydrogens (tertiary/aromatic N) is 1. The lowest BCUT2D eigenvalue weighted by molar-refractivity contribution is 0.103. The summed E-state index contributed by atoms with van der Waals surface area (Å²) in [6.45, 7) is 0.941. The van der Waals surface area contributed by atoms with Gasteiger partial charge in [0.1, 0.15) is 5.75 Å². The maximum atomic E-state index is 11.2. The van der Waals surface area contributed by atoms with Crippen LogP contribution in [0.15, 0.2) is 59.1 Å². The van der Waals surface area contributed by atoms with Crippen LogP contribution >= 0.6 is 15.9 Å². The highest BCUT2D eigenvalue weighted by Crippen LogP contribution is 2.52. The van der Waals surface area contributed by atoms with Crippen LogP contribution in [0.5, 0.6) is 17.2 Å². The fourth-order valence-corrected chi connectivity index (χ4v) is 5.83. The zero-order valence-corrected chi connectivity index (χ0v) is 19.4. The number of hydrogen-bond acceptors (Lipinski definition) is 4. The smallest absolute Gasteiger partial charge is 0.162 e. The quantitative estimate of drug-likeness (QED) is 0.527. The van der Waals surface area contributed by atoms with Gasteiger partial charge in [0, 0.05) is 28.7 Å². The van der Waals surface area contributed by atoms with Crippen molar-refractivity contribution in [1.82, 2.24) is 4.90 Å². The third-order valence-electron chi connectivity index (χ3n) is 6.73. The molecule has 4 nitrogen and oxygen atoms in total. The molecule has 0 aliphatic carbocycles. The molecule has 0 bridgehead atoms. The SMILES string of the molecule is COc1ccc2c(c1)CCN1[C@H](Cc3ccccc3)c3c(O)c(OC)cc(Br)c3C[C@@H]21. The number of halogens is 1. The Bertz CT molecular complexity index is 1120. The van der Waals surface area contributed by atoms with E-state index in [0.29, 0.717) is 5.75 Å². The van der Waals surface area contributed by atoms with Crippen molar-refractivity contribution in [2.45, 2.75) is 31.3 Å². The summed E-state index contributed by atoms with van der Waals surface area (Å²) in [5.41, 5.74) is 6.14. The van der Waals surface area contributed by atoms with E-state index in [1.807, 2.05) is 12.1 Å². The van der Waals surface area contributed by atoms with Crippen LogP contribution < -0.4 is 9.47 Å². The van der Waals surface area contributed by atoms with Gasteiger partial charge in [-0.05, 0) is 59.7 Å². The van der Waals surface area contributed by atoms with Gasteiger partial charge in [0.25, 0.3) is 0 Å². The molecule has 0 fully saturated rings. The highest BCUT2D eigenvalue weighted by molar-refractivity contribution is 9.10. The van der Waals surface area contributed by atoms with Crippen LogP contribution in [0.2, 0.25) is 0 Å². The summed E-state index contributed by atoms with van der Waals surface area (Å²) in [6.07, 6.45) is 2.65. The highest BCUT2D eigenvalue weighted by Gasteiger charge is 2.41. The number of hydrogen-bond donors (Lipinski definition) is 1. The van der Waals surface area contributed by atoms with Gasteiger partial charge in [-0.3, -0.25) is 4.90 Å². The van der Waals surface area contributed by atoms with Gasteiger partial charge in [-0.1, -0.05) is 52.3 Å². The predicted molar refractivity (Wildman–Crippen MR) is 125 cm³/mol. The molecule has 0 spiro atoms. The van der Waals surface area contributed by atoms with E-state index >= 15 is 0 Å². The fourth-order valence-electron chi connectivity index (χ4n) is 5.25. The minimum absolute atomic E-state index is 0.0674. The third-order valence-corrected chi connectivity index (χ3v) is 7.44. The summed E-state index contributed by atoms with van der Waals surface area (Å²) in [7, 11) is 3.33. The van der Waals surface area contributed by atoms with Gasteiger partial charge in [0.05, 0.1) is 14.2 Å². The van der Waals surface area contributed by atoms with Crippen molar-refractivity contribution in [3.63, 3.8) is 0 Å². The molecule has 3 aromatic carbocycles. The highest BCUT2D eigenvalue weighted by atomic mass is 79.9. The lowest BCUT2D eigenvalue weighted by atomic mass is 9.78. The van der Waals surface area contributed by atoms with Crippen LogP contribution in [0.25, 0.3) is 0 Å². The van der Waals surface area contributed by atoms with Gasteiger partial charge in [0.15, 0.2) is 11.5 Å². The average molecular weight is 480 g/mol. The average Bonchev–Trinajstić information content (AvgIpc) is 2.81. The Morgan fingerprint density at radius 2 is 1.87 bits per heavy atom. The van der Waals surface area contributed by atoms with E-state index in [2.05, 4.69) is 63.3 Å². The Morgan fingerprint density at radius 3 is 2.61 bits per heavy atom. The van der Waals surface area contributed by atoms with Crippen molar-refractivity contribution in [3.05, 3.63) is 86.9 Å². The number of phenolic OH excluding ortho intramolecular Hbond substituents is 1.